The molecule has 0 saturated carbocycles. The zero-order chi connectivity index (χ0) is 19.6. The number of halogens is 1. The van der Waals surface area contributed by atoms with E-state index in [2.05, 4.69) is 20.0 Å². The Labute approximate surface area is 160 Å². The molecule has 0 fully saturated rings. The van der Waals surface area contributed by atoms with Gasteiger partial charge in [-0.1, -0.05) is 13.0 Å². The van der Waals surface area contributed by atoms with Crippen LogP contribution >= 0.6 is 11.8 Å². The summed E-state index contributed by atoms with van der Waals surface area (Å²) in [5, 5.41) is 2.51. The average Bonchev–Trinajstić information content (AvgIpc) is 3.04. The van der Waals surface area contributed by atoms with Gasteiger partial charge in [-0.2, -0.15) is 0 Å². The third-order valence-electron chi connectivity index (χ3n) is 3.89. The first kappa shape index (κ1) is 19.4. The van der Waals surface area contributed by atoms with E-state index in [1.54, 1.807) is 6.92 Å². The minimum atomic E-state index is -3.65. The van der Waals surface area contributed by atoms with Crippen molar-refractivity contribution in [2.24, 2.45) is 0 Å². The molecule has 27 heavy (non-hydrogen) atoms. The van der Waals surface area contributed by atoms with Crippen LogP contribution in [0.5, 0.6) is 0 Å². The minimum absolute atomic E-state index is 0.114. The first-order valence-electron chi connectivity index (χ1n) is 8.15. The first-order chi connectivity index (χ1) is 12.8. The summed E-state index contributed by atoms with van der Waals surface area (Å²) < 4.78 is 40.6. The number of benzene rings is 1. The number of anilines is 3. The normalized spacial score (nSPS) is 16.0. The van der Waals surface area contributed by atoms with Crippen LogP contribution in [0.25, 0.3) is 0 Å². The van der Waals surface area contributed by atoms with Crippen LogP contribution in [0.1, 0.15) is 25.0 Å². The average molecular weight is 411 g/mol. The topological polar surface area (TPSA) is 127 Å². The summed E-state index contributed by atoms with van der Waals surface area (Å²) in [5.74, 6) is -1.31. The van der Waals surface area contributed by atoms with E-state index in [0.29, 0.717) is 28.6 Å². The number of thioether (sulfide) groups is 1. The lowest BCUT2D eigenvalue weighted by Crippen LogP contribution is -2.23. The number of nitrogen functional groups attached to an aromatic ring is 1. The molecular formula is C16H18FN5O3S2. The minimum Gasteiger partial charge on any atom is -0.383 e. The number of amides is 1. The molecule has 1 aromatic carbocycles. The summed E-state index contributed by atoms with van der Waals surface area (Å²) in [6.07, 6.45) is 1.68. The first-order valence-corrected chi connectivity index (χ1v) is 10.8. The number of sulfonamides is 1. The number of carbonyl (C=O) groups is 1. The highest BCUT2D eigenvalue weighted by molar-refractivity contribution is 7.99. The molecule has 2 heterocycles. The van der Waals surface area contributed by atoms with E-state index in [-0.39, 0.29) is 17.1 Å². The fourth-order valence-electron chi connectivity index (χ4n) is 2.66. The smallest absolute Gasteiger partial charge is 0.234 e. The second-order valence-electron chi connectivity index (χ2n) is 5.91. The number of rotatable bonds is 6. The number of nitrogens with one attached hydrogen (secondary N) is 2. The van der Waals surface area contributed by atoms with Crippen molar-refractivity contribution in [3.05, 3.63) is 36.0 Å². The van der Waals surface area contributed by atoms with Crippen molar-refractivity contribution in [1.29, 1.82) is 0 Å². The van der Waals surface area contributed by atoms with Crippen molar-refractivity contribution in [3.63, 3.8) is 0 Å². The molecule has 0 radical (unpaired) electrons. The molecule has 144 valence electrons. The van der Waals surface area contributed by atoms with Gasteiger partial charge in [-0.25, -0.2) is 22.8 Å². The van der Waals surface area contributed by atoms with Gasteiger partial charge >= 0.3 is 0 Å². The summed E-state index contributed by atoms with van der Waals surface area (Å²) in [5.41, 5.74) is 5.96. The molecule has 3 rings (SSSR count). The van der Waals surface area contributed by atoms with E-state index < -0.39 is 27.7 Å². The molecule has 1 amide bonds. The summed E-state index contributed by atoms with van der Waals surface area (Å²) in [6.45, 7) is 1.71. The van der Waals surface area contributed by atoms with Gasteiger partial charge in [-0.05, 0) is 18.6 Å². The van der Waals surface area contributed by atoms with Gasteiger partial charge in [0.1, 0.15) is 12.1 Å². The number of hydrogen-bond acceptors (Lipinski definition) is 7. The van der Waals surface area contributed by atoms with Gasteiger partial charge < -0.3 is 11.1 Å². The van der Waals surface area contributed by atoms with Crippen molar-refractivity contribution < 1.29 is 17.6 Å². The molecule has 0 aliphatic carbocycles. The SMILES string of the molecule is CCCS(=O)(=O)Nc1cccc(NC(=O)C2CSc3c(N)ncnc32)c1F. The van der Waals surface area contributed by atoms with Crippen molar-refractivity contribution in [1.82, 2.24) is 9.97 Å². The van der Waals surface area contributed by atoms with Crippen molar-refractivity contribution in [2.45, 2.75) is 24.2 Å². The lowest BCUT2D eigenvalue weighted by molar-refractivity contribution is -0.117. The lowest BCUT2D eigenvalue weighted by Gasteiger charge is -2.14. The number of aromatic nitrogens is 2. The molecule has 0 bridgehead atoms. The predicted octanol–water partition coefficient (Wildman–Crippen LogP) is 2.18. The molecule has 8 nitrogen and oxygen atoms in total. The summed E-state index contributed by atoms with van der Waals surface area (Å²) in [6, 6.07) is 4.12. The Bertz CT molecular complexity index is 984. The van der Waals surface area contributed by atoms with Crippen LogP contribution in [0, 0.1) is 5.82 Å². The quantitative estimate of drug-likeness (QED) is 0.665. The van der Waals surface area contributed by atoms with Crippen molar-refractivity contribution >= 4 is 44.9 Å². The summed E-state index contributed by atoms with van der Waals surface area (Å²) in [7, 11) is -3.65. The van der Waals surface area contributed by atoms with Crippen LogP contribution in [-0.4, -0.2) is 35.8 Å². The van der Waals surface area contributed by atoms with Gasteiger partial charge in [0.2, 0.25) is 15.9 Å². The highest BCUT2D eigenvalue weighted by Crippen LogP contribution is 2.41. The second kappa shape index (κ2) is 7.69. The molecule has 0 spiro atoms. The van der Waals surface area contributed by atoms with Gasteiger partial charge in [0.15, 0.2) is 5.82 Å². The maximum absolute atomic E-state index is 14.7. The Balaban J connectivity index is 1.80. The van der Waals surface area contributed by atoms with Crippen LogP contribution < -0.4 is 15.8 Å². The lowest BCUT2D eigenvalue weighted by atomic mass is 10.1. The Morgan fingerprint density at radius 1 is 1.37 bits per heavy atom. The fraction of sp³-hybridized carbons (Fsp3) is 0.312. The van der Waals surface area contributed by atoms with Gasteiger partial charge in [0.05, 0.1) is 33.6 Å². The van der Waals surface area contributed by atoms with E-state index in [9.17, 15) is 17.6 Å². The van der Waals surface area contributed by atoms with Gasteiger partial charge in [-0.3, -0.25) is 9.52 Å². The summed E-state index contributed by atoms with van der Waals surface area (Å²) in [4.78, 5) is 21.3. The van der Waals surface area contributed by atoms with Crippen LogP contribution in [0.4, 0.5) is 21.6 Å². The maximum Gasteiger partial charge on any atom is 0.234 e. The van der Waals surface area contributed by atoms with E-state index >= 15 is 0 Å². The number of nitrogens with zero attached hydrogens (tertiary/aromatic N) is 2. The standard InChI is InChI=1S/C16H18FN5O3S2/c1-2-6-27(24,25)22-11-5-3-4-10(12(11)17)21-16(23)9-7-26-14-13(9)19-8-20-15(14)18/h3-5,8-9,22H,2,6-7H2,1H3,(H,21,23)(H2,18,19,20). The fourth-order valence-corrected chi connectivity index (χ4v) is 4.98. The molecule has 4 N–H and O–H groups in total. The third kappa shape index (κ3) is 4.14. The molecular weight excluding hydrogens is 393 g/mol. The van der Waals surface area contributed by atoms with Crippen LogP contribution in [0.15, 0.2) is 29.4 Å². The second-order valence-corrected chi connectivity index (χ2v) is 8.79. The zero-order valence-electron chi connectivity index (χ0n) is 14.4. The van der Waals surface area contributed by atoms with Gasteiger partial charge in [-0.15, -0.1) is 11.8 Å². The molecule has 0 saturated heterocycles. The van der Waals surface area contributed by atoms with Crippen LogP contribution in [-0.2, 0) is 14.8 Å². The Kier molecular flexibility index (Phi) is 5.51. The van der Waals surface area contributed by atoms with Crippen LogP contribution in [0.3, 0.4) is 0 Å². The third-order valence-corrected chi connectivity index (χ3v) is 6.58. The van der Waals surface area contributed by atoms with Gasteiger partial charge in [0.25, 0.3) is 0 Å². The van der Waals surface area contributed by atoms with Crippen molar-refractivity contribution in [2.75, 3.05) is 27.3 Å². The Morgan fingerprint density at radius 2 is 2.11 bits per heavy atom. The largest absolute Gasteiger partial charge is 0.383 e. The predicted molar refractivity (Wildman–Crippen MR) is 103 cm³/mol. The molecule has 1 aromatic heterocycles. The number of carbonyl (C=O) groups excluding carboxylic acids is 1. The molecule has 1 aliphatic rings. The maximum atomic E-state index is 14.7. The monoisotopic (exact) mass is 411 g/mol. The molecule has 2 aromatic rings. The highest BCUT2D eigenvalue weighted by Gasteiger charge is 2.33. The summed E-state index contributed by atoms with van der Waals surface area (Å²) >= 11 is 1.37. The Morgan fingerprint density at radius 3 is 2.85 bits per heavy atom. The number of hydrogen-bond donors (Lipinski definition) is 3. The molecule has 11 heteroatoms. The molecule has 1 aliphatic heterocycles. The molecule has 1 unspecified atom stereocenters. The van der Waals surface area contributed by atoms with E-state index in [1.165, 1.54) is 36.3 Å². The number of fused-ring (bicyclic) bond motifs is 1. The van der Waals surface area contributed by atoms with E-state index in [4.69, 9.17) is 5.73 Å². The van der Waals surface area contributed by atoms with Gasteiger partial charge in [0, 0.05) is 5.75 Å². The number of nitrogens with two attached hydrogens (primary N) is 1. The Hall–Kier alpha value is -2.40. The molecule has 1 atom stereocenters. The van der Waals surface area contributed by atoms with E-state index in [1.807, 2.05) is 0 Å². The van der Waals surface area contributed by atoms with E-state index in [0.717, 1.165) is 0 Å². The zero-order valence-corrected chi connectivity index (χ0v) is 16.0. The van der Waals surface area contributed by atoms with Crippen molar-refractivity contribution in [3.8, 4) is 0 Å². The van der Waals surface area contributed by atoms with Crippen LogP contribution in [0.2, 0.25) is 0 Å². The highest BCUT2D eigenvalue weighted by atomic mass is 32.2.